The number of benzene rings is 2. The molecule has 4 rings (SSSR count). The largest absolute Gasteiger partial charge is 0.493 e. The van der Waals surface area contributed by atoms with Crippen LogP contribution in [0.5, 0.6) is 11.5 Å². The smallest absolute Gasteiger partial charge is 0.262 e. The molecule has 0 saturated carbocycles. The van der Waals surface area contributed by atoms with E-state index in [1.165, 1.54) is 29.7 Å². The fourth-order valence-electron chi connectivity index (χ4n) is 3.63. The Bertz CT molecular complexity index is 1470. The molecule has 1 amide bonds. The van der Waals surface area contributed by atoms with Crippen LogP contribution in [0.3, 0.4) is 0 Å². The van der Waals surface area contributed by atoms with E-state index < -0.39 is 0 Å². The van der Waals surface area contributed by atoms with Gasteiger partial charge in [-0.3, -0.25) is 23.5 Å². The van der Waals surface area contributed by atoms with E-state index in [2.05, 4.69) is 15.3 Å². The van der Waals surface area contributed by atoms with E-state index in [-0.39, 0.29) is 36.7 Å². The van der Waals surface area contributed by atoms with Gasteiger partial charge in [0.2, 0.25) is 5.91 Å². The molecule has 170 valence electrons. The van der Waals surface area contributed by atoms with Gasteiger partial charge in [0.15, 0.2) is 11.5 Å². The number of aryl methyl sites for hydroxylation is 1. The molecule has 0 saturated heterocycles. The van der Waals surface area contributed by atoms with Crippen LogP contribution in [0.25, 0.3) is 21.8 Å². The molecule has 0 atom stereocenters. The molecule has 0 radical (unpaired) electrons. The van der Waals surface area contributed by atoms with Crippen LogP contribution in [0.2, 0.25) is 0 Å². The zero-order chi connectivity index (χ0) is 23.5. The topological polar surface area (TPSA) is 117 Å². The number of carbonyl (C=O) groups excluding carboxylic acids is 1. The van der Waals surface area contributed by atoms with Crippen LogP contribution in [0.15, 0.2) is 52.3 Å². The molecular formula is C23H23N5O5. The van der Waals surface area contributed by atoms with E-state index >= 15 is 0 Å². The monoisotopic (exact) mass is 449 g/mol. The number of methoxy groups -OCH3 is 2. The van der Waals surface area contributed by atoms with Gasteiger partial charge in [-0.05, 0) is 25.1 Å². The second kappa shape index (κ2) is 9.11. The predicted octanol–water partition coefficient (Wildman–Crippen LogP) is 1.25. The minimum Gasteiger partial charge on any atom is -0.493 e. The first-order valence-corrected chi connectivity index (χ1v) is 10.3. The third-order valence-electron chi connectivity index (χ3n) is 5.36. The summed E-state index contributed by atoms with van der Waals surface area (Å²) in [6.45, 7) is 1.92. The predicted molar refractivity (Wildman–Crippen MR) is 123 cm³/mol. The third kappa shape index (κ3) is 4.27. The van der Waals surface area contributed by atoms with Crippen molar-refractivity contribution in [2.75, 3.05) is 20.8 Å². The first kappa shape index (κ1) is 22.0. The number of hydrogen-bond donors (Lipinski definition) is 1. The minimum atomic E-state index is -0.372. The molecule has 10 heteroatoms. The fraction of sp³-hybridized carbons (Fsp3) is 0.261. The van der Waals surface area contributed by atoms with Gasteiger partial charge in [0.1, 0.15) is 12.4 Å². The van der Waals surface area contributed by atoms with Crippen molar-refractivity contribution in [1.29, 1.82) is 0 Å². The number of aromatic nitrogens is 4. The van der Waals surface area contributed by atoms with Crippen molar-refractivity contribution in [3.63, 3.8) is 0 Å². The Balaban J connectivity index is 1.49. The lowest BCUT2D eigenvalue weighted by Gasteiger charge is -2.13. The summed E-state index contributed by atoms with van der Waals surface area (Å²) in [5.41, 5.74) is 0.541. The quantitative estimate of drug-likeness (QED) is 0.451. The van der Waals surface area contributed by atoms with Crippen LogP contribution in [-0.4, -0.2) is 45.8 Å². The Kier molecular flexibility index (Phi) is 6.07. The fourth-order valence-corrected chi connectivity index (χ4v) is 3.63. The van der Waals surface area contributed by atoms with Crippen molar-refractivity contribution in [1.82, 2.24) is 24.4 Å². The number of nitrogens with one attached hydrogen (secondary N) is 1. The lowest BCUT2D eigenvalue weighted by Crippen LogP contribution is -2.36. The van der Waals surface area contributed by atoms with Gasteiger partial charge in [0.25, 0.3) is 11.1 Å². The summed E-state index contributed by atoms with van der Waals surface area (Å²) in [6, 6.07) is 10.3. The van der Waals surface area contributed by atoms with Gasteiger partial charge >= 0.3 is 0 Å². The lowest BCUT2D eigenvalue weighted by molar-refractivity contribution is -0.121. The van der Waals surface area contributed by atoms with Gasteiger partial charge in [-0.1, -0.05) is 12.1 Å². The molecule has 33 heavy (non-hydrogen) atoms. The van der Waals surface area contributed by atoms with Crippen molar-refractivity contribution in [2.24, 2.45) is 0 Å². The van der Waals surface area contributed by atoms with E-state index in [1.54, 1.807) is 37.3 Å². The summed E-state index contributed by atoms with van der Waals surface area (Å²) in [4.78, 5) is 46.8. The Hall–Kier alpha value is -4.21. The summed E-state index contributed by atoms with van der Waals surface area (Å²) >= 11 is 0. The molecule has 0 bridgehead atoms. The molecule has 0 aliphatic rings. The molecule has 2 heterocycles. The van der Waals surface area contributed by atoms with Crippen LogP contribution >= 0.6 is 0 Å². The molecule has 0 aliphatic carbocycles. The van der Waals surface area contributed by atoms with Gasteiger partial charge in [0, 0.05) is 19.2 Å². The van der Waals surface area contributed by atoms with Gasteiger partial charge in [0.05, 0.1) is 42.4 Å². The van der Waals surface area contributed by atoms with Gasteiger partial charge in [-0.2, -0.15) is 0 Å². The molecule has 10 nitrogen and oxygen atoms in total. The molecular weight excluding hydrogens is 426 g/mol. The Morgan fingerprint density at radius 2 is 1.73 bits per heavy atom. The Morgan fingerprint density at radius 1 is 1.00 bits per heavy atom. The van der Waals surface area contributed by atoms with Crippen molar-refractivity contribution in [3.8, 4) is 11.5 Å². The first-order valence-electron chi connectivity index (χ1n) is 10.3. The maximum absolute atomic E-state index is 13.0. The number of nitrogens with zero attached hydrogens (tertiary/aromatic N) is 4. The van der Waals surface area contributed by atoms with E-state index in [0.29, 0.717) is 39.1 Å². The molecule has 4 aromatic rings. The molecule has 2 aromatic heterocycles. The number of hydrogen-bond acceptors (Lipinski definition) is 7. The van der Waals surface area contributed by atoms with Crippen molar-refractivity contribution in [2.45, 2.75) is 20.0 Å². The van der Waals surface area contributed by atoms with Crippen LogP contribution < -0.4 is 25.9 Å². The maximum atomic E-state index is 13.0. The summed E-state index contributed by atoms with van der Waals surface area (Å²) in [6.07, 6.45) is 1.46. The zero-order valence-electron chi connectivity index (χ0n) is 18.5. The Morgan fingerprint density at radius 3 is 2.48 bits per heavy atom. The Labute approximate surface area is 188 Å². The third-order valence-corrected chi connectivity index (χ3v) is 5.36. The number of amides is 1. The van der Waals surface area contributed by atoms with E-state index in [1.807, 2.05) is 6.07 Å². The molecule has 2 aromatic carbocycles. The van der Waals surface area contributed by atoms with E-state index in [4.69, 9.17) is 9.47 Å². The van der Waals surface area contributed by atoms with Crippen LogP contribution in [-0.2, 0) is 17.9 Å². The van der Waals surface area contributed by atoms with Crippen LogP contribution in [0.1, 0.15) is 5.82 Å². The average molecular weight is 449 g/mol. The highest BCUT2D eigenvalue weighted by Gasteiger charge is 2.15. The number of fused-ring (bicyclic) bond motifs is 2. The average Bonchev–Trinajstić information content (AvgIpc) is 2.82. The number of ether oxygens (including phenoxy) is 2. The van der Waals surface area contributed by atoms with Crippen molar-refractivity contribution >= 4 is 27.7 Å². The zero-order valence-corrected chi connectivity index (χ0v) is 18.5. The normalized spacial score (nSPS) is 11.0. The van der Waals surface area contributed by atoms with Crippen molar-refractivity contribution < 1.29 is 14.3 Å². The summed E-state index contributed by atoms with van der Waals surface area (Å²) in [5, 5.41) is 3.58. The van der Waals surface area contributed by atoms with Crippen LogP contribution in [0.4, 0.5) is 0 Å². The van der Waals surface area contributed by atoms with E-state index in [9.17, 15) is 14.4 Å². The molecule has 0 spiro atoms. The van der Waals surface area contributed by atoms with Gasteiger partial charge in [-0.25, -0.2) is 9.97 Å². The summed E-state index contributed by atoms with van der Waals surface area (Å²) in [7, 11) is 2.98. The summed E-state index contributed by atoms with van der Waals surface area (Å²) in [5.74, 6) is 0.886. The first-order chi connectivity index (χ1) is 15.9. The number of para-hydroxylation sites is 1. The lowest BCUT2D eigenvalue weighted by atomic mass is 10.2. The summed E-state index contributed by atoms with van der Waals surface area (Å²) < 4.78 is 13.3. The van der Waals surface area contributed by atoms with Crippen LogP contribution in [0, 0.1) is 6.92 Å². The minimum absolute atomic E-state index is 0.176. The second-order valence-electron chi connectivity index (χ2n) is 7.38. The highest BCUT2D eigenvalue weighted by Crippen LogP contribution is 2.30. The molecule has 1 N–H and O–H groups in total. The van der Waals surface area contributed by atoms with Crippen molar-refractivity contribution in [3.05, 3.63) is 69.3 Å². The van der Waals surface area contributed by atoms with E-state index in [0.717, 1.165) is 0 Å². The molecule has 0 unspecified atom stereocenters. The molecule has 0 aliphatic heterocycles. The standard InChI is InChI=1S/C23H23N5O5/c1-14-26-18-11-20(33-3)19(32-2)10-16(18)23(31)28(14)12-21(29)24-8-9-27-13-25-17-7-5-4-6-15(17)22(27)30/h4-7,10-11,13H,8-9,12H2,1-3H3,(H,24,29). The number of rotatable bonds is 7. The SMILES string of the molecule is COc1cc2nc(C)n(CC(=O)NCCn3cnc4ccccc4c3=O)c(=O)c2cc1OC. The highest BCUT2D eigenvalue weighted by atomic mass is 16.5. The maximum Gasteiger partial charge on any atom is 0.262 e. The number of carbonyl (C=O) groups is 1. The second-order valence-corrected chi connectivity index (χ2v) is 7.38. The van der Waals surface area contributed by atoms with Gasteiger partial charge in [-0.15, -0.1) is 0 Å². The molecule has 0 fully saturated rings. The highest BCUT2D eigenvalue weighted by molar-refractivity contribution is 5.83. The van der Waals surface area contributed by atoms with Gasteiger partial charge < -0.3 is 14.8 Å².